The van der Waals surface area contributed by atoms with Crippen LogP contribution in [0.4, 0.5) is 40.7 Å². The maximum absolute atomic E-state index is 14.1. The van der Waals surface area contributed by atoms with Gasteiger partial charge in [-0.05, 0) is 61.6 Å². The number of benzene rings is 2. The molecule has 42 heavy (non-hydrogen) atoms. The summed E-state index contributed by atoms with van der Waals surface area (Å²) >= 11 is 1.49. The molecule has 3 N–H and O–H groups in total. The van der Waals surface area contributed by atoms with E-state index < -0.39 is 17.6 Å². The largest absolute Gasteiger partial charge is 0.421 e. The van der Waals surface area contributed by atoms with Crippen molar-refractivity contribution in [2.75, 3.05) is 28.2 Å². The Balaban J connectivity index is 0.000000528. The van der Waals surface area contributed by atoms with E-state index in [1.165, 1.54) is 24.1 Å². The molecule has 0 fully saturated rings. The minimum absolute atomic E-state index is 0.0729. The molecule has 1 heterocycles. The van der Waals surface area contributed by atoms with Crippen molar-refractivity contribution in [2.45, 2.75) is 72.1 Å². The third-order valence-corrected chi connectivity index (χ3v) is 7.09. The van der Waals surface area contributed by atoms with Gasteiger partial charge in [0.05, 0.1) is 11.4 Å². The van der Waals surface area contributed by atoms with E-state index in [1.807, 2.05) is 42.7 Å². The molecule has 230 valence electrons. The number of alkyl halides is 3. The zero-order valence-corrected chi connectivity index (χ0v) is 25.7. The lowest BCUT2D eigenvalue weighted by atomic mass is 10.1. The number of hydrogen-bond donors (Lipinski definition) is 3. The standard InChI is InChI=1S/C22H23F4N5S.C8H17NO/c1-13-6-8-18(17(23)9-13)29-21-28-12-16(22(24,25)26)20(30-21)27-11-15-7-5-14(2)10-19(15)31(3)32-4;1-3-5-8(6-4-2)9-7-10/h5-10,12H,11H2,1-4H3,(H2,27,28,29,30);7-8H,3-6H2,1-2H3,(H,9,10). The molecule has 0 atom stereocenters. The molecule has 0 bridgehead atoms. The van der Waals surface area contributed by atoms with Crippen molar-refractivity contribution in [2.24, 2.45) is 0 Å². The minimum Gasteiger partial charge on any atom is -0.365 e. The Kier molecular flexibility index (Phi) is 13.9. The molecule has 7 nitrogen and oxygen atoms in total. The highest BCUT2D eigenvalue weighted by Gasteiger charge is 2.35. The van der Waals surface area contributed by atoms with Crippen LogP contribution < -0.4 is 20.3 Å². The maximum Gasteiger partial charge on any atom is 0.421 e. The second kappa shape index (κ2) is 16.8. The third-order valence-electron chi connectivity index (χ3n) is 6.34. The van der Waals surface area contributed by atoms with E-state index in [1.54, 1.807) is 13.0 Å². The number of halogens is 4. The molecule has 12 heteroatoms. The number of hydrogen-bond acceptors (Lipinski definition) is 7. The molecule has 0 aliphatic rings. The van der Waals surface area contributed by atoms with E-state index in [9.17, 15) is 22.4 Å². The van der Waals surface area contributed by atoms with Crippen molar-refractivity contribution < 1.29 is 22.4 Å². The first-order valence-corrected chi connectivity index (χ1v) is 14.9. The monoisotopic (exact) mass is 608 g/mol. The number of rotatable bonds is 13. The number of carbonyl (C=O) groups excluding carboxylic acids is 1. The molecule has 1 aromatic heterocycles. The second-order valence-electron chi connectivity index (χ2n) is 9.79. The van der Waals surface area contributed by atoms with Crippen LogP contribution >= 0.6 is 11.9 Å². The normalized spacial score (nSPS) is 11.0. The predicted molar refractivity (Wildman–Crippen MR) is 165 cm³/mol. The fourth-order valence-corrected chi connectivity index (χ4v) is 4.49. The van der Waals surface area contributed by atoms with E-state index in [0.717, 1.165) is 48.9 Å². The molecule has 1 amide bonds. The van der Waals surface area contributed by atoms with Crippen LogP contribution in [0.25, 0.3) is 0 Å². The fourth-order valence-electron chi connectivity index (χ4n) is 4.12. The quantitative estimate of drug-likeness (QED) is 0.103. The average molecular weight is 609 g/mol. The van der Waals surface area contributed by atoms with Crippen LogP contribution in [-0.4, -0.2) is 35.7 Å². The second-order valence-corrected chi connectivity index (χ2v) is 10.7. The summed E-state index contributed by atoms with van der Waals surface area (Å²) in [6.45, 7) is 8.06. The van der Waals surface area contributed by atoms with Gasteiger partial charge >= 0.3 is 6.18 Å². The zero-order chi connectivity index (χ0) is 31.3. The molecular formula is C30H40F4N6OS. The summed E-state index contributed by atoms with van der Waals surface area (Å²) in [4.78, 5) is 17.8. The molecule has 0 saturated heterocycles. The van der Waals surface area contributed by atoms with Crippen LogP contribution in [0.2, 0.25) is 0 Å². The lowest BCUT2D eigenvalue weighted by Gasteiger charge is -2.21. The molecule has 0 aliphatic heterocycles. The van der Waals surface area contributed by atoms with Crippen LogP contribution in [0, 0.1) is 19.7 Å². The van der Waals surface area contributed by atoms with Crippen molar-refractivity contribution in [3.63, 3.8) is 0 Å². The SMILES string of the molecule is CCCC(CCC)NC=O.CSN(C)c1cc(C)ccc1CNc1nc(Nc2ccc(C)cc2F)ncc1C(F)(F)F. The number of anilines is 4. The first-order chi connectivity index (χ1) is 19.9. The lowest BCUT2D eigenvalue weighted by molar-refractivity contribution is -0.137. The molecule has 0 radical (unpaired) electrons. The van der Waals surface area contributed by atoms with E-state index >= 15 is 0 Å². The Morgan fingerprint density at radius 1 is 1.05 bits per heavy atom. The van der Waals surface area contributed by atoms with Crippen molar-refractivity contribution in [1.82, 2.24) is 15.3 Å². The smallest absolute Gasteiger partial charge is 0.365 e. The van der Waals surface area contributed by atoms with Crippen molar-refractivity contribution in [3.05, 3.63) is 70.7 Å². The summed E-state index contributed by atoms with van der Waals surface area (Å²) < 4.78 is 56.7. The first-order valence-electron chi connectivity index (χ1n) is 13.7. The van der Waals surface area contributed by atoms with Gasteiger partial charge in [-0.1, -0.05) is 56.8 Å². The number of amides is 1. The molecule has 2 aromatic carbocycles. The summed E-state index contributed by atoms with van der Waals surface area (Å²) in [5.74, 6) is -1.08. The van der Waals surface area contributed by atoms with Crippen LogP contribution in [0.1, 0.15) is 61.8 Å². The van der Waals surface area contributed by atoms with E-state index in [0.29, 0.717) is 17.8 Å². The summed E-state index contributed by atoms with van der Waals surface area (Å²) in [6, 6.07) is 10.6. The van der Waals surface area contributed by atoms with Gasteiger partial charge in [0.25, 0.3) is 0 Å². The molecule has 0 unspecified atom stereocenters. The summed E-state index contributed by atoms with van der Waals surface area (Å²) in [5, 5.41) is 8.23. The van der Waals surface area contributed by atoms with Gasteiger partial charge in [0.1, 0.15) is 17.2 Å². The molecular weight excluding hydrogens is 568 g/mol. The van der Waals surface area contributed by atoms with Gasteiger partial charge in [-0.3, -0.25) is 4.79 Å². The molecule has 0 saturated carbocycles. The summed E-state index contributed by atoms with van der Waals surface area (Å²) in [7, 11) is 1.88. The Hall–Kier alpha value is -3.54. The Bertz CT molecular complexity index is 1290. The van der Waals surface area contributed by atoms with Crippen LogP contribution in [0.15, 0.2) is 42.6 Å². The molecule has 0 spiro atoms. The van der Waals surface area contributed by atoms with Gasteiger partial charge in [-0.2, -0.15) is 18.2 Å². The van der Waals surface area contributed by atoms with E-state index in [4.69, 9.17) is 0 Å². The number of nitrogens with one attached hydrogen (secondary N) is 3. The van der Waals surface area contributed by atoms with E-state index in [2.05, 4.69) is 39.8 Å². The highest BCUT2D eigenvalue weighted by molar-refractivity contribution is 7.99. The predicted octanol–water partition coefficient (Wildman–Crippen LogP) is 8.02. The Morgan fingerprint density at radius 2 is 1.69 bits per heavy atom. The van der Waals surface area contributed by atoms with Crippen molar-refractivity contribution in [1.29, 1.82) is 0 Å². The highest BCUT2D eigenvalue weighted by Crippen LogP contribution is 2.35. The van der Waals surface area contributed by atoms with Crippen molar-refractivity contribution in [3.8, 4) is 0 Å². The Morgan fingerprint density at radius 3 is 2.26 bits per heavy atom. The van der Waals surface area contributed by atoms with Gasteiger partial charge in [0.15, 0.2) is 0 Å². The number of aryl methyl sites for hydroxylation is 2. The van der Waals surface area contributed by atoms with Crippen LogP contribution in [-0.2, 0) is 17.5 Å². The molecule has 3 aromatic rings. The molecule has 0 aliphatic carbocycles. The summed E-state index contributed by atoms with van der Waals surface area (Å²) in [6.07, 6.45) is 3.25. The first kappa shape index (κ1) is 34.7. The van der Waals surface area contributed by atoms with Crippen molar-refractivity contribution >= 4 is 41.5 Å². The maximum atomic E-state index is 14.1. The fraction of sp³-hybridized carbons (Fsp3) is 0.433. The van der Waals surface area contributed by atoms with Crippen LogP contribution in [0.3, 0.4) is 0 Å². The van der Waals surface area contributed by atoms with Gasteiger partial charge in [0.2, 0.25) is 12.4 Å². The highest BCUT2D eigenvalue weighted by atomic mass is 32.2. The average Bonchev–Trinajstić information content (AvgIpc) is 2.93. The number of aromatic nitrogens is 2. The van der Waals surface area contributed by atoms with Gasteiger partial charge in [-0.25, -0.2) is 9.37 Å². The Labute approximate surface area is 250 Å². The molecule has 3 rings (SSSR count). The lowest BCUT2D eigenvalue weighted by Crippen LogP contribution is -2.27. The van der Waals surface area contributed by atoms with Gasteiger partial charge < -0.3 is 20.3 Å². The number of nitrogens with zero attached hydrogens (tertiary/aromatic N) is 3. The third kappa shape index (κ3) is 10.7. The topological polar surface area (TPSA) is 82.2 Å². The van der Waals surface area contributed by atoms with E-state index in [-0.39, 0.29) is 24.0 Å². The summed E-state index contributed by atoms with van der Waals surface area (Å²) in [5.41, 5.74) is 2.51. The number of carbonyl (C=O) groups is 1. The van der Waals surface area contributed by atoms with Gasteiger partial charge in [0, 0.05) is 32.1 Å². The van der Waals surface area contributed by atoms with Gasteiger partial charge in [-0.15, -0.1) is 0 Å². The zero-order valence-electron chi connectivity index (χ0n) is 24.9. The van der Waals surface area contributed by atoms with Crippen LogP contribution in [0.5, 0.6) is 0 Å². The minimum atomic E-state index is -4.65.